The summed E-state index contributed by atoms with van der Waals surface area (Å²) >= 11 is 0. The minimum Gasteiger partial charge on any atom is -0.368 e. The third kappa shape index (κ3) is 1.50. The Balaban J connectivity index is 1.89. The Morgan fingerprint density at radius 3 is 2.93 bits per heavy atom. The van der Waals surface area contributed by atoms with Crippen molar-refractivity contribution in [3.63, 3.8) is 0 Å². The van der Waals surface area contributed by atoms with Gasteiger partial charge in [-0.05, 0) is 12.0 Å². The van der Waals surface area contributed by atoms with Crippen LogP contribution in [0, 0.1) is 0 Å². The van der Waals surface area contributed by atoms with E-state index >= 15 is 0 Å². The highest BCUT2D eigenvalue weighted by atomic mass is 15.2. The van der Waals surface area contributed by atoms with E-state index in [1.807, 2.05) is 6.07 Å². The van der Waals surface area contributed by atoms with Crippen LogP contribution in [0.2, 0.25) is 0 Å². The summed E-state index contributed by atoms with van der Waals surface area (Å²) in [5.41, 5.74) is 3.94. The van der Waals surface area contributed by atoms with Gasteiger partial charge in [0.25, 0.3) is 0 Å². The second-order valence-electron chi connectivity index (χ2n) is 3.87. The molecule has 1 aromatic heterocycles. The van der Waals surface area contributed by atoms with E-state index in [4.69, 9.17) is 0 Å². The van der Waals surface area contributed by atoms with Crippen LogP contribution >= 0.6 is 0 Å². The van der Waals surface area contributed by atoms with Crippen LogP contribution in [0.3, 0.4) is 0 Å². The third-order valence-corrected chi connectivity index (χ3v) is 2.84. The number of anilines is 1. The molecule has 1 aliphatic rings. The van der Waals surface area contributed by atoms with Gasteiger partial charge in [-0.1, -0.05) is 30.3 Å². The number of hydrogen-bond donors (Lipinski definition) is 2. The van der Waals surface area contributed by atoms with Crippen molar-refractivity contribution in [3.8, 4) is 0 Å². The van der Waals surface area contributed by atoms with Crippen LogP contribution in [-0.2, 0) is 12.8 Å². The molecular formula is C12H13N3. The van der Waals surface area contributed by atoms with E-state index in [-0.39, 0.29) is 0 Å². The summed E-state index contributed by atoms with van der Waals surface area (Å²) in [6.07, 6.45) is 2.04. The normalized spacial score (nSPS) is 13.6. The average molecular weight is 199 g/mol. The van der Waals surface area contributed by atoms with E-state index in [0.717, 1.165) is 25.2 Å². The first-order chi connectivity index (χ1) is 7.43. The van der Waals surface area contributed by atoms with Gasteiger partial charge in [0.15, 0.2) is 5.82 Å². The highest BCUT2D eigenvalue weighted by Crippen LogP contribution is 2.24. The predicted octanol–water partition coefficient (Wildman–Crippen LogP) is 1.97. The fourth-order valence-corrected chi connectivity index (χ4v) is 2.07. The maximum atomic E-state index is 4.26. The first-order valence-electron chi connectivity index (χ1n) is 5.27. The molecule has 0 bridgehead atoms. The van der Waals surface area contributed by atoms with Gasteiger partial charge in [0.05, 0.1) is 0 Å². The van der Waals surface area contributed by atoms with Gasteiger partial charge in [0.1, 0.15) is 0 Å². The summed E-state index contributed by atoms with van der Waals surface area (Å²) in [6.45, 7) is 1.02. The smallest absolute Gasteiger partial charge is 0.151 e. The molecule has 0 amide bonds. The Labute approximate surface area is 88.5 Å². The number of rotatable bonds is 2. The zero-order chi connectivity index (χ0) is 10.1. The van der Waals surface area contributed by atoms with Crippen LogP contribution in [0.25, 0.3) is 0 Å². The van der Waals surface area contributed by atoms with Crippen molar-refractivity contribution in [2.24, 2.45) is 0 Å². The Bertz CT molecular complexity index is 459. The molecule has 0 atom stereocenters. The molecule has 3 nitrogen and oxygen atoms in total. The minimum absolute atomic E-state index is 0.949. The lowest BCUT2D eigenvalue weighted by Crippen LogP contribution is -1.96. The maximum Gasteiger partial charge on any atom is 0.151 e. The van der Waals surface area contributed by atoms with E-state index in [2.05, 4.69) is 39.8 Å². The van der Waals surface area contributed by atoms with Gasteiger partial charge in [-0.2, -0.15) is 5.10 Å². The third-order valence-electron chi connectivity index (χ3n) is 2.84. The van der Waals surface area contributed by atoms with E-state index in [0.29, 0.717) is 0 Å². The lowest BCUT2D eigenvalue weighted by Gasteiger charge is -1.99. The highest BCUT2D eigenvalue weighted by Gasteiger charge is 2.17. The number of nitrogens with zero attached hydrogens (tertiary/aromatic N) is 1. The molecular weight excluding hydrogens is 186 g/mol. The Kier molecular flexibility index (Phi) is 1.95. The molecule has 0 unspecified atom stereocenters. The second-order valence-corrected chi connectivity index (χ2v) is 3.87. The molecule has 3 heteroatoms. The second kappa shape index (κ2) is 3.42. The predicted molar refractivity (Wildman–Crippen MR) is 60.0 cm³/mol. The van der Waals surface area contributed by atoms with Crippen molar-refractivity contribution in [1.29, 1.82) is 0 Å². The lowest BCUT2D eigenvalue weighted by atomic mass is 10.1. The first kappa shape index (κ1) is 8.53. The summed E-state index contributed by atoms with van der Waals surface area (Å²) in [7, 11) is 0. The largest absolute Gasteiger partial charge is 0.368 e. The minimum atomic E-state index is 0.949. The summed E-state index contributed by atoms with van der Waals surface area (Å²) in [4.78, 5) is 0. The molecule has 2 heterocycles. The standard InChI is InChI=1S/C12H13N3/c1-2-4-9(5-3-1)8-11-10-6-7-13-12(10)15-14-11/h1-5H,6-8H2,(H2,13,14,15). The topological polar surface area (TPSA) is 40.7 Å². The molecule has 0 aliphatic carbocycles. The molecule has 2 aromatic rings. The molecule has 0 radical (unpaired) electrons. The van der Waals surface area contributed by atoms with Gasteiger partial charge in [-0.25, -0.2) is 0 Å². The lowest BCUT2D eigenvalue weighted by molar-refractivity contribution is 0.951. The van der Waals surface area contributed by atoms with Crippen LogP contribution in [0.4, 0.5) is 5.82 Å². The average Bonchev–Trinajstić information content (AvgIpc) is 2.85. The van der Waals surface area contributed by atoms with Crippen LogP contribution in [0.15, 0.2) is 30.3 Å². The Morgan fingerprint density at radius 2 is 2.07 bits per heavy atom. The van der Waals surface area contributed by atoms with Gasteiger partial charge >= 0.3 is 0 Å². The van der Waals surface area contributed by atoms with E-state index in [9.17, 15) is 0 Å². The fourth-order valence-electron chi connectivity index (χ4n) is 2.07. The van der Waals surface area contributed by atoms with Gasteiger partial charge in [0.2, 0.25) is 0 Å². The molecule has 15 heavy (non-hydrogen) atoms. The first-order valence-corrected chi connectivity index (χ1v) is 5.27. The van der Waals surface area contributed by atoms with Crippen LogP contribution < -0.4 is 5.32 Å². The van der Waals surface area contributed by atoms with Crippen LogP contribution in [-0.4, -0.2) is 16.7 Å². The molecule has 1 aromatic carbocycles. The zero-order valence-corrected chi connectivity index (χ0v) is 8.46. The molecule has 76 valence electrons. The van der Waals surface area contributed by atoms with Gasteiger partial charge in [0, 0.05) is 24.2 Å². The fraction of sp³-hybridized carbons (Fsp3) is 0.250. The number of hydrogen-bond acceptors (Lipinski definition) is 2. The van der Waals surface area contributed by atoms with Crippen molar-refractivity contribution in [3.05, 3.63) is 47.2 Å². The molecule has 1 aliphatic heterocycles. The molecule has 3 rings (SSSR count). The number of H-pyrrole nitrogens is 1. The number of benzene rings is 1. The summed E-state index contributed by atoms with van der Waals surface area (Å²) in [5, 5.41) is 10.6. The Hall–Kier alpha value is -1.77. The molecule has 0 spiro atoms. The monoisotopic (exact) mass is 199 g/mol. The molecule has 0 saturated carbocycles. The molecule has 0 fully saturated rings. The molecule has 0 saturated heterocycles. The summed E-state index contributed by atoms with van der Waals surface area (Å²) < 4.78 is 0. The van der Waals surface area contributed by atoms with Gasteiger partial charge in [-0.15, -0.1) is 0 Å². The maximum absolute atomic E-state index is 4.26. The highest BCUT2D eigenvalue weighted by molar-refractivity contribution is 5.52. The van der Waals surface area contributed by atoms with Crippen molar-refractivity contribution in [2.75, 3.05) is 11.9 Å². The number of aromatic nitrogens is 2. The number of aromatic amines is 1. The van der Waals surface area contributed by atoms with Crippen LogP contribution in [0.1, 0.15) is 16.8 Å². The van der Waals surface area contributed by atoms with Gasteiger partial charge < -0.3 is 5.32 Å². The number of fused-ring (bicyclic) bond motifs is 1. The summed E-state index contributed by atoms with van der Waals surface area (Å²) in [6, 6.07) is 10.5. The van der Waals surface area contributed by atoms with Gasteiger partial charge in [-0.3, -0.25) is 5.10 Å². The SMILES string of the molecule is c1ccc(Cc2[nH]nc3c2CCN3)cc1. The van der Waals surface area contributed by atoms with Crippen molar-refractivity contribution < 1.29 is 0 Å². The van der Waals surface area contributed by atoms with Crippen molar-refractivity contribution in [2.45, 2.75) is 12.8 Å². The van der Waals surface area contributed by atoms with Crippen molar-refractivity contribution >= 4 is 5.82 Å². The summed E-state index contributed by atoms with van der Waals surface area (Å²) in [5.74, 6) is 1.04. The van der Waals surface area contributed by atoms with Crippen LogP contribution in [0.5, 0.6) is 0 Å². The van der Waals surface area contributed by atoms with E-state index < -0.39 is 0 Å². The van der Waals surface area contributed by atoms with Crippen molar-refractivity contribution in [1.82, 2.24) is 10.2 Å². The molecule has 2 N–H and O–H groups in total. The zero-order valence-electron chi connectivity index (χ0n) is 8.46. The van der Waals surface area contributed by atoms with E-state index in [1.165, 1.54) is 16.8 Å². The van der Waals surface area contributed by atoms with E-state index in [1.54, 1.807) is 0 Å². The number of nitrogens with one attached hydrogen (secondary N) is 2. The quantitative estimate of drug-likeness (QED) is 0.776. The Morgan fingerprint density at radius 1 is 1.20 bits per heavy atom.